The molecule has 1 N–H and O–H groups in total. The fourth-order valence-electron chi connectivity index (χ4n) is 4.41. The van der Waals surface area contributed by atoms with Crippen molar-refractivity contribution in [3.63, 3.8) is 0 Å². The van der Waals surface area contributed by atoms with Crippen molar-refractivity contribution >= 4 is 22.6 Å². The molecule has 0 bridgehead atoms. The molecule has 1 fully saturated rings. The molecule has 3 aromatic rings. The second-order valence-electron chi connectivity index (χ2n) is 8.32. The molecule has 1 heterocycles. The molecule has 4 rings (SSSR count). The average molecular weight is 453 g/mol. The molecule has 3 aromatic carbocycles. The van der Waals surface area contributed by atoms with Gasteiger partial charge in [0.1, 0.15) is 17.4 Å². The number of hydrogen-bond donors (Lipinski definition) is 1. The molecule has 0 radical (unpaired) electrons. The van der Waals surface area contributed by atoms with Crippen molar-refractivity contribution in [2.24, 2.45) is 5.92 Å². The molecular weight excluding hydrogens is 426 g/mol. The molecule has 0 aliphatic carbocycles. The van der Waals surface area contributed by atoms with Crippen molar-refractivity contribution in [1.82, 2.24) is 10.2 Å². The zero-order valence-corrected chi connectivity index (χ0v) is 18.6. The number of nitrogens with one attached hydrogen (secondary N) is 1. The van der Waals surface area contributed by atoms with Crippen LogP contribution in [0.25, 0.3) is 10.8 Å². The highest BCUT2D eigenvalue weighted by atomic mass is 19.1. The van der Waals surface area contributed by atoms with Gasteiger partial charge in [-0.2, -0.15) is 0 Å². The van der Waals surface area contributed by atoms with Gasteiger partial charge >= 0.3 is 0 Å². The van der Waals surface area contributed by atoms with Crippen molar-refractivity contribution in [2.45, 2.75) is 25.8 Å². The van der Waals surface area contributed by atoms with Gasteiger partial charge in [0.2, 0.25) is 5.91 Å². The van der Waals surface area contributed by atoms with Gasteiger partial charge in [-0.15, -0.1) is 0 Å². The molecule has 1 atom stereocenters. The van der Waals surface area contributed by atoms with E-state index in [9.17, 15) is 18.4 Å². The summed E-state index contributed by atoms with van der Waals surface area (Å²) in [4.78, 5) is 27.7. The van der Waals surface area contributed by atoms with E-state index in [0.717, 1.165) is 16.8 Å². The van der Waals surface area contributed by atoms with E-state index in [1.807, 2.05) is 24.3 Å². The first-order valence-electron chi connectivity index (χ1n) is 11.0. The summed E-state index contributed by atoms with van der Waals surface area (Å²) in [6.45, 7) is 2.58. The highest BCUT2D eigenvalue weighted by Crippen LogP contribution is 2.30. The van der Waals surface area contributed by atoms with Crippen LogP contribution in [0, 0.1) is 17.6 Å². The van der Waals surface area contributed by atoms with Crippen LogP contribution in [-0.2, 0) is 4.79 Å². The summed E-state index contributed by atoms with van der Waals surface area (Å²) in [6.07, 6.45) is 1.04. The van der Waals surface area contributed by atoms with E-state index in [4.69, 9.17) is 4.74 Å². The second-order valence-corrected chi connectivity index (χ2v) is 8.32. The van der Waals surface area contributed by atoms with Crippen LogP contribution in [0.5, 0.6) is 5.75 Å². The summed E-state index contributed by atoms with van der Waals surface area (Å²) in [6, 6.07) is 13.9. The standard InChI is InChI=1S/C26H26F2N2O3/c1-16(19-8-7-18(27)15-23(19)28)29-25(31)17-11-13-30(14-12-17)26(32)22-9-10-24(33-2)21-6-4-3-5-20(21)22/h3-10,15-17H,11-14H2,1-2H3,(H,29,31)/t16-/m1/s1. The van der Waals surface area contributed by atoms with Crippen molar-refractivity contribution < 1.29 is 23.1 Å². The van der Waals surface area contributed by atoms with Crippen molar-refractivity contribution in [3.05, 3.63) is 77.4 Å². The molecule has 0 spiro atoms. The maximum absolute atomic E-state index is 14.0. The molecule has 1 aliphatic rings. The van der Waals surface area contributed by atoms with Gasteiger partial charge in [-0.05, 0) is 43.4 Å². The van der Waals surface area contributed by atoms with Crippen LogP contribution in [0.2, 0.25) is 0 Å². The van der Waals surface area contributed by atoms with Crippen molar-refractivity contribution in [3.8, 4) is 5.75 Å². The van der Waals surface area contributed by atoms with E-state index >= 15 is 0 Å². The Labute approximate surface area is 191 Å². The van der Waals surface area contributed by atoms with Gasteiger partial charge in [0.25, 0.3) is 5.91 Å². The Balaban J connectivity index is 1.40. The number of hydrogen-bond acceptors (Lipinski definition) is 3. The van der Waals surface area contributed by atoms with Gasteiger partial charge in [0.05, 0.1) is 13.2 Å². The fraction of sp³-hybridized carbons (Fsp3) is 0.308. The molecule has 1 aliphatic heterocycles. The second kappa shape index (κ2) is 9.57. The van der Waals surface area contributed by atoms with Crippen LogP contribution >= 0.6 is 0 Å². The van der Waals surface area contributed by atoms with Crippen LogP contribution in [0.1, 0.15) is 41.7 Å². The Morgan fingerprint density at radius 1 is 1.03 bits per heavy atom. The largest absolute Gasteiger partial charge is 0.496 e. The number of ether oxygens (including phenoxy) is 1. The average Bonchev–Trinajstić information content (AvgIpc) is 2.82. The first-order valence-corrected chi connectivity index (χ1v) is 11.0. The number of likely N-dealkylation sites (tertiary alicyclic amines) is 1. The zero-order valence-electron chi connectivity index (χ0n) is 18.6. The molecule has 2 amide bonds. The topological polar surface area (TPSA) is 58.6 Å². The summed E-state index contributed by atoms with van der Waals surface area (Å²) in [7, 11) is 1.60. The van der Waals surface area contributed by atoms with E-state index in [0.29, 0.717) is 37.2 Å². The lowest BCUT2D eigenvalue weighted by Crippen LogP contribution is -2.43. The number of carbonyl (C=O) groups excluding carboxylic acids is 2. The third-order valence-electron chi connectivity index (χ3n) is 6.28. The number of fused-ring (bicyclic) bond motifs is 1. The third kappa shape index (κ3) is 4.67. The smallest absolute Gasteiger partial charge is 0.254 e. The minimum atomic E-state index is -0.685. The summed E-state index contributed by atoms with van der Waals surface area (Å²) < 4.78 is 32.6. The monoisotopic (exact) mass is 452 g/mol. The lowest BCUT2D eigenvalue weighted by molar-refractivity contribution is -0.127. The van der Waals surface area contributed by atoms with Gasteiger partial charge < -0.3 is 15.0 Å². The van der Waals surface area contributed by atoms with Gasteiger partial charge in [-0.3, -0.25) is 9.59 Å². The van der Waals surface area contributed by atoms with Crippen LogP contribution in [0.3, 0.4) is 0 Å². The van der Waals surface area contributed by atoms with E-state index in [1.54, 1.807) is 31.1 Å². The van der Waals surface area contributed by atoms with E-state index in [-0.39, 0.29) is 23.3 Å². The Bertz CT molecular complexity index is 1190. The molecule has 1 saturated heterocycles. The summed E-state index contributed by atoms with van der Waals surface area (Å²) in [5.41, 5.74) is 0.846. The predicted octanol–water partition coefficient (Wildman–Crippen LogP) is 4.86. The molecular formula is C26H26F2N2O3. The minimum absolute atomic E-state index is 0.0746. The fourth-order valence-corrected chi connectivity index (χ4v) is 4.41. The molecule has 0 aromatic heterocycles. The number of nitrogens with zero attached hydrogens (tertiary/aromatic N) is 1. The quantitative estimate of drug-likeness (QED) is 0.602. The molecule has 0 saturated carbocycles. The van der Waals surface area contributed by atoms with Crippen LogP contribution in [0.4, 0.5) is 8.78 Å². The van der Waals surface area contributed by atoms with Gasteiger partial charge in [0.15, 0.2) is 0 Å². The summed E-state index contributed by atoms with van der Waals surface area (Å²) in [5.74, 6) is -1.16. The third-order valence-corrected chi connectivity index (χ3v) is 6.28. The van der Waals surface area contributed by atoms with Gasteiger partial charge in [-0.25, -0.2) is 8.78 Å². The Hall–Kier alpha value is -3.48. The molecule has 5 nitrogen and oxygen atoms in total. The predicted molar refractivity (Wildman–Crippen MR) is 122 cm³/mol. The molecule has 7 heteroatoms. The Kier molecular flexibility index (Phi) is 6.58. The summed E-state index contributed by atoms with van der Waals surface area (Å²) in [5, 5.41) is 4.53. The van der Waals surface area contributed by atoms with E-state index in [1.165, 1.54) is 12.1 Å². The van der Waals surface area contributed by atoms with Crippen LogP contribution in [0.15, 0.2) is 54.6 Å². The van der Waals surface area contributed by atoms with Crippen LogP contribution in [-0.4, -0.2) is 36.9 Å². The highest BCUT2D eigenvalue weighted by molar-refractivity contribution is 6.08. The lowest BCUT2D eigenvalue weighted by Gasteiger charge is -2.32. The number of halogens is 2. The first-order chi connectivity index (χ1) is 15.9. The van der Waals surface area contributed by atoms with Crippen molar-refractivity contribution in [1.29, 1.82) is 0 Å². The number of methoxy groups -OCH3 is 1. The molecule has 0 unspecified atom stereocenters. The molecule has 33 heavy (non-hydrogen) atoms. The maximum atomic E-state index is 14.0. The lowest BCUT2D eigenvalue weighted by atomic mass is 9.94. The zero-order chi connectivity index (χ0) is 23.5. The Morgan fingerprint density at radius 2 is 1.73 bits per heavy atom. The number of rotatable bonds is 5. The number of amides is 2. The highest BCUT2D eigenvalue weighted by Gasteiger charge is 2.29. The van der Waals surface area contributed by atoms with Crippen LogP contribution < -0.4 is 10.1 Å². The minimum Gasteiger partial charge on any atom is -0.496 e. The van der Waals surface area contributed by atoms with Gasteiger partial charge in [-0.1, -0.05) is 30.3 Å². The normalized spacial score (nSPS) is 15.3. The molecule has 172 valence electrons. The van der Waals surface area contributed by atoms with Gasteiger partial charge in [0, 0.05) is 41.6 Å². The van der Waals surface area contributed by atoms with Crippen molar-refractivity contribution in [2.75, 3.05) is 20.2 Å². The maximum Gasteiger partial charge on any atom is 0.254 e. The van der Waals surface area contributed by atoms with E-state index < -0.39 is 17.7 Å². The van der Waals surface area contributed by atoms with E-state index in [2.05, 4.69) is 5.32 Å². The summed E-state index contributed by atoms with van der Waals surface area (Å²) >= 11 is 0. The number of carbonyl (C=O) groups is 2. The Morgan fingerprint density at radius 3 is 2.39 bits per heavy atom. The number of benzene rings is 3. The SMILES string of the molecule is COc1ccc(C(=O)N2CCC(C(=O)N[C@H](C)c3ccc(F)cc3F)CC2)c2ccccc12. The first kappa shape index (κ1) is 22.7. The number of piperidine rings is 1.